The molecule has 29 heavy (non-hydrogen) atoms. The number of benzene rings is 1. The molecule has 3 aromatic rings. The van der Waals surface area contributed by atoms with Crippen LogP contribution < -0.4 is 10.1 Å². The van der Waals surface area contributed by atoms with Crippen molar-refractivity contribution in [3.05, 3.63) is 64.3 Å². The summed E-state index contributed by atoms with van der Waals surface area (Å²) in [6.45, 7) is 5.25. The molecule has 0 saturated carbocycles. The normalized spacial score (nSPS) is 14.8. The van der Waals surface area contributed by atoms with E-state index in [0.717, 1.165) is 32.5 Å². The number of ether oxygens (including phenoxy) is 1. The average molecular weight is 431 g/mol. The Morgan fingerprint density at radius 1 is 1.31 bits per heavy atom. The van der Waals surface area contributed by atoms with Gasteiger partial charge in [0.05, 0.1) is 28.4 Å². The second kappa shape index (κ2) is 9.76. The first-order chi connectivity index (χ1) is 14.1. The SMILES string of the molecule is CC.O=C(O)c1ccncc1NCC1CCOc2cc(-c3ccc(Cl)s3)ccc21. The summed E-state index contributed by atoms with van der Waals surface area (Å²) in [6, 6.07) is 11.6. The number of thiophene rings is 1. The van der Waals surface area contributed by atoms with Crippen LogP contribution in [0.3, 0.4) is 0 Å². The van der Waals surface area contributed by atoms with E-state index < -0.39 is 5.97 Å². The number of carbonyl (C=O) groups is 1. The number of hydrogen-bond donors (Lipinski definition) is 2. The smallest absolute Gasteiger partial charge is 0.337 e. The Hall–Kier alpha value is -2.57. The molecule has 1 atom stereocenters. The Morgan fingerprint density at radius 3 is 2.86 bits per heavy atom. The lowest BCUT2D eigenvalue weighted by Gasteiger charge is -2.27. The summed E-state index contributed by atoms with van der Waals surface area (Å²) < 4.78 is 6.63. The maximum Gasteiger partial charge on any atom is 0.337 e. The minimum atomic E-state index is -0.966. The van der Waals surface area contributed by atoms with Gasteiger partial charge in [-0.05, 0) is 41.8 Å². The van der Waals surface area contributed by atoms with E-state index >= 15 is 0 Å². The fourth-order valence-electron chi connectivity index (χ4n) is 3.25. The first kappa shape index (κ1) is 21.1. The van der Waals surface area contributed by atoms with E-state index in [1.54, 1.807) is 6.20 Å². The maximum atomic E-state index is 11.3. The summed E-state index contributed by atoms with van der Waals surface area (Å²) in [6.07, 6.45) is 3.90. The van der Waals surface area contributed by atoms with Crippen LogP contribution in [-0.2, 0) is 0 Å². The molecule has 4 rings (SSSR count). The number of rotatable bonds is 5. The van der Waals surface area contributed by atoms with Crippen LogP contribution in [0.25, 0.3) is 10.4 Å². The van der Waals surface area contributed by atoms with Crippen molar-refractivity contribution >= 4 is 34.6 Å². The number of pyridine rings is 1. The molecular formula is C22H23ClN2O3S. The van der Waals surface area contributed by atoms with Crippen molar-refractivity contribution in [3.8, 4) is 16.2 Å². The maximum absolute atomic E-state index is 11.3. The van der Waals surface area contributed by atoms with Gasteiger partial charge in [-0.1, -0.05) is 37.6 Å². The van der Waals surface area contributed by atoms with Crippen LogP contribution in [0.15, 0.2) is 48.8 Å². The molecule has 1 aliphatic heterocycles. The molecule has 1 aromatic carbocycles. The summed E-state index contributed by atoms with van der Waals surface area (Å²) in [7, 11) is 0. The van der Waals surface area contributed by atoms with Gasteiger partial charge in [-0.2, -0.15) is 0 Å². The number of nitrogens with one attached hydrogen (secondary N) is 1. The van der Waals surface area contributed by atoms with E-state index in [9.17, 15) is 9.90 Å². The lowest BCUT2D eigenvalue weighted by Crippen LogP contribution is -2.21. The van der Waals surface area contributed by atoms with Gasteiger partial charge in [0.15, 0.2) is 0 Å². The third-order valence-corrected chi connectivity index (χ3v) is 5.91. The molecule has 0 aliphatic carbocycles. The van der Waals surface area contributed by atoms with Gasteiger partial charge in [-0.25, -0.2) is 4.79 Å². The van der Waals surface area contributed by atoms with Crippen LogP contribution in [0.5, 0.6) is 5.75 Å². The van der Waals surface area contributed by atoms with Gasteiger partial charge in [0.1, 0.15) is 5.75 Å². The highest BCUT2D eigenvalue weighted by Crippen LogP contribution is 2.39. The Morgan fingerprint density at radius 2 is 2.14 bits per heavy atom. The van der Waals surface area contributed by atoms with E-state index in [2.05, 4.69) is 28.5 Å². The molecule has 1 aliphatic rings. The van der Waals surface area contributed by atoms with Crippen molar-refractivity contribution in [2.24, 2.45) is 0 Å². The summed E-state index contributed by atoms with van der Waals surface area (Å²) in [5.41, 5.74) is 2.96. The molecule has 1 unspecified atom stereocenters. The monoisotopic (exact) mass is 430 g/mol. The fourth-order valence-corrected chi connectivity index (χ4v) is 4.29. The molecule has 3 heterocycles. The number of nitrogens with zero attached hydrogens (tertiary/aromatic N) is 1. The first-order valence-electron chi connectivity index (χ1n) is 9.55. The summed E-state index contributed by atoms with van der Waals surface area (Å²) >= 11 is 7.58. The predicted octanol–water partition coefficient (Wildman–Crippen LogP) is 6.17. The summed E-state index contributed by atoms with van der Waals surface area (Å²) in [5, 5.41) is 12.5. The molecule has 0 saturated heterocycles. The average Bonchev–Trinajstić information content (AvgIpc) is 3.19. The number of carboxylic acid groups (broad SMARTS) is 1. The molecule has 2 N–H and O–H groups in total. The molecule has 5 nitrogen and oxygen atoms in total. The van der Waals surface area contributed by atoms with E-state index in [1.807, 2.05) is 26.0 Å². The topological polar surface area (TPSA) is 71.5 Å². The van der Waals surface area contributed by atoms with E-state index in [1.165, 1.54) is 23.6 Å². The van der Waals surface area contributed by atoms with Gasteiger partial charge < -0.3 is 15.2 Å². The number of fused-ring (bicyclic) bond motifs is 1. The van der Waals surface area contributed by atoms with Gasteiger partial charge in [0, 0.05) is 23.5 Å². The van der Waals surface area contributed by atoms with Gasteiger partial charge in [0.2, 0.25) is 0 Å². The number of halogens is 1. The minimum Gasteiger partial charge on any atom is -0.493 e. The number of anilines is 1. The fraction of sp³-hybridized carbons (Fsp3) is 0.273. The standard InChI is InChI=1S/C20H17ClN2O3S.C2H6/c21-19-4-3-18(27-19)12-1-2-14-13(6-8-26-17(14)9-12)10-23-16-11-22-7-5-15(16)20(24)25;1-2/h1-5,7,9,11,13,23H,6,8,10H2,(H,24,25);1-2H3. The number of aromatic carboxylic acids is 1. The largest absolute Gasteiger partial charge is 0.493 e. The van der Waals surface area contributed by atoms with Crippen molar-refractivity contribution in [2.45, 2.75) is 26.2 Å². The first-order valence-corrected chi connectivity index (χ1v) is 10.7. The molecule has 0 fully saturated rings. The number of aromatic nitrogens is 1. The van der Waals surface area contributed by atoms with Gasteiger partial charge in [-0.15, -0.1) is 11.3 Å². The van der Waals surface area contributed by atoms with Crippen molar-refractivity contribution in [1.82, 2.24) is 4.98 Å². The van der Waals surface area contributed by atoms with Crippen molar-refractivity contribution in [1.29, 1.82) is 0 Å². The highest BCUT2D eigenvalue weighted by molar-refractivity contribution is 7.19. The van der Waals surface area contributed by atoms with Crippen LogP contribution in [0.2, 0.25) is 4.34 Å². The Balaban J connectivity index is 0.00000117. The van der Waals surface area contributed by atoms with Crippen molar-refractivity contribution in [3.63, 3.8) is 0 Å². The van der Waals surface area contributed by atoms with Gasteiger partial charge in [-0.3, -0.25) is 4.98 Å². The second-order valence-corrected chi connectivity index (χ2v) is 8.01. The van der Waals surface area contributed by atoms with Crippen LogP contribution in [0.4, 0.5) is 5.69 Å². The zero-order valence-electron chi connectivity index (χ0n) is 16.3. The Labute approximate surface area is 179 Å². The van der Waals surface area contributed by atoms with E-state index in [0.29, 0.717) is 18.8 Å². The summed E-state index contributed by atoms with van der Waals surface area (Å²) in [5.74, 6) is 0.141. The van der Waals surface area contributed by atoms with Crippen LogP contribution in [0.1, 0.15) is 42.1 Å². The second-order valence-electron chi connectivity index (χ2n) is 6.30. The number of carboxylic acids is 1. The molecule has 7 heteroatoms. The molecule has 0 bridgehead atoms. The van der Waals surface area contributed by atoms with Crippen LogP contribution >= 0.6 is 22.9 Å². The Kier molecular flexibility index (Phi) is 7.12. The summed E-state index contributed by atoms with van der Waals surface area (Å²) in [4.78, 5) is 16.5. The third kappa shape index (κ3) is 4.89. The molecule has 152 valence electrons. The highest BCUT2D eigenvalue weighted by atomic mass is 35.5. The predicted molar refractivity (Wildman–Crippen MR) is 119 cm³/mol. The minimum absolute atomic E-state index is 0.224. The lowest BCUT2D eigenvalue weighted by molar-refractivity contribution is 0.0697. The zero-order valence-corrected chi connectivity index (χ0v) is 17.9. The Bertz CT molecular complexity index is 990. The molecule has 2 aromatic heterocycles. The van der Waals surface area contributed by atoms with E-state index in [-0.39, 0.29) is 11.5 Å². The highest BCUT2D eigenvalue weighted by Gasteiger charge is 2.23. The van der Waals surface area contributed by atoms with Crippen LogP contribution in [0, 0.1) is 0 Å². The van der Waals surface area contributed by atoms with Crippen molar-refractivity contribution < 1.29 is 14.6 Å². The quantitative estimate of drug-likeness (QED) is 0.506. The van der Waals surface area contributed by atoms with Gasteiger partial charge >= 0.3 is 5.97 Å². The van der Waals surface area contributed by atoms with Gasteiger partial charge in [0.25, 0.3) is 0 Å². The van der Waals surface area contributed by atoms with Crippen LogP contribution in [-0.4, -0.2) is 29.2 Å². The molecule has 0 spiro atoms. The van der Waals surface area contributed by atoms with E-state index in [4.69, 9.17) is 16.3 Å². The number of hydrogen-bond acceptors (Lipinski definition) is 5. The lowest BCUT2D eigenvalue weighted by atomic mass is 9.91. The molecular weight excluding hydrogens is 408 g/mol. The van der Waals surface area contributed by atoms with Crippen molar-refractivity contribution in [2.75, 3.05) is 18.5 Å². The zero-order chi connectivity index (χ0) is 20.8. The molecule has 0 radical (unpaired) electrons. The molecule has 0 amide bonds. The third-order valence-electron chi connectivity index (χ3n) is 4.63.